The Kier molecular flexibility index (Phi) is 4.91. The summed E-state index contributed by atoms with van der Waals surface area (Å²) < 4.78 is 0. The minimum absolute atomic E-state index is 0. The van der Waals surface area contributed by atoms with E-state index >= 15 is 0 Å². The van der Waals surface area contributed by atoms with E-state index in [0.717, 1.165) is 5.69 Å². The van der Waals surface area contributed by atoms with Crippen LogP contribution in [-0.2, 0) is 17.4 Å². The summed E-state index contributed by atoms with van der Waals surface area (Å²) in [6.07, 6.45) is 0. The molecule has 0 aliphatic heterocycles. The van der Waals surface area contributed by atoms with Crippen molar-refractivity contribution in [2.45, 2.75) is 6.92 Å². The van der Waals surface area contributed by atoms with E-state index in [9.17, 15) is 0 Å². The number of nitrogens with two attached hydrogens (primary N) is 1. The van der Waals surface area contributed by atoms with Gasteiger partial charge in [-0.15, -0.1) is 0 Å². The first-order valence-corrected chi connectivity index (χ1v) is 3.72. The molecule has 1 aromatic rings. The van der Waals surface area contributed by atoms with E-state index in [1.165, 1.54) is 5.56 Å². The van der Waals surface area contributed by atoms with Gasteiger partial charge in [-0.3, -0.25) is 0 Å². The van der Waals surface area contributed by atoms with Crippen molar-refractivity contribution in [3.63, 3.8) is 0 Å². The van der Waals surface area contributed by atoms with E-state index in [1.807, 2.05) is 31.2 Å². The molecule has 2 nitrogen and oxygen atoms in total. The maximum Gasteiger partial charge on any atom is 0.168 e. The van der Waals surface area contributed by atoms with Crippen LogP contribution >= 0.6 is 12.2 Å². The third-order valence-electron chi connectivity index (χ3n) is 1.32. The van der Waals surface area contributed by atoms with Crippen LogP contribution in [0.3, 0.4) is 0 Å². The van der Waals surface area contributed by atoms with Gasteiger partial charge in [0.2, 0.25) is 0 Å². The van der Waals surface area contributed by atoms with Gasteiger partial charge >= 0.3 is 0 Å². The van der Waals surface area contributed by atoms with Crippen LogP contribution in [0.25, 0.3) is 0 Å². The normalized spacial score (nSPS) is 8.42. The van der Waals surface area contributed by atoms with Gasteiger partial charge in [0, 0.05) is 23.0 Å². The summed E-state index contributed by atoms with van der Waals surface area (Å²) in [5.74, 6) is 0. The molecule has 0 amide bonds. The van der Waals surface area contributed by atoms with Crippen molar-refractivity contribution in [3.8, 4) is 0 Å². The average Bonchev–Trinajstić information content (AvgIpc) is 1.93. The second kappa shape index (κ2) is 5.15. The number of rotatable bonds is 1. The molecule has 0 unspecified atom stereocenters. The van der Waals surface area contributed by atoms with Gasteiger partial charge in [-0.2, -0.15) is 0 Å². The zero-order valence-corrected chi connectivity index (χ0v) is 8.79. The summed E-state index contributed by atoms with van der Waals surface area (Å²) in [4.78, 5) is 0. The Morgan fingerprint density at radius 3 is 2.25 bits per heavy atom. The van der Waals surface area contributed by atoms with Gasteiger partial charge in [0.25, 0.3) is 0 Å². The van der Waals surface area contributed by atoms with Crippen molar-refractivity contribution in [1.82, 2.24) is 0 Å². The van der Waals surface area contributed by atoms with Crippen LogP contribution in [0.2, 0.25) is 0 Å². The van der Waals surface area contributed by atoms with Crippen LogP contribution in [-0.4, -0.2) is 5.11 Å². The molecule has 4 heteroatoms. The number of thiocarbonyl (C=S) groups is 1. The quantitative estimate of drug-likeness (QED) is 0.704. The zero-order chi connectivity index (χ0) is 8.27. The van der Waals surface area contributed by atoms with E-state index in [4.69, 9.17) is 5.73 Å². The Labute approximate surface area is 88.3 Å². The molecule has 1 rings (SSSR count). The largest absolute Gasteiger partial charge is 0.376 e. The Hall–Kier alpha value is -0.558. The molecule has 0 fully saturated rings. The first-order chi connectivity index (χ1) is 5.18. The average molecular weight is 218 g/mol. The van der Waals surface area contributed by atoms with Crippen molar-refractivity contribution in [1.29, 1.82) is 0 Å². The Balaban J connectivity index is 0.00000121. The Morgan fingerprint density at radius 2 is 1.83 bits per heavy atom. The zero-order valence-electron chi connectivity index (χ0n) is 6.70. The van der Waals surface area contributed by atoms with Gasteiger partial charge in [-0.25, -0.2) is 0 Å². The van der Waals surface area contributed by atoms with Crippen LogP contribution in [0.15, 0.2) is 24.3 Å². The minimum atomic E-state index is 0. The summed E-state index contributed by atoms with van der Waals surface area (Å²) in [5, 5.41) is 3.14. The molecule has 0 spiro atoms. The van der Waals surface area contributed by atoms with Crippen LogP contribution in [0.1, 0.15) is 5.56 Å². The predicted octanol–water partition coefficient (Wildman–Crippen LogP) is 1.65. The van der Waals surface area contributed by atoms with E-state index in [1.54, 1.807) is 0 Å². The van der Waals surface area contributed by atoms with Crippen molar-refractivity contribution >= 4 is 23.0 Å². The second-order valence-electron chi connectivity index (χ2n) is 2.36. The van der Waals surface area contributed by atoms with Crippen molar-refractivity contribution in [2.75, 3.05) is 5.32 Å². The first kappa shape index (κ1) is 11.4. The van der Waals surface area contributed by atoms with Crippen molar-refractivity contribution in [2.24, 2.45) is 5.73 Å². The third-order valence-corrected chi connectivity index (χ3v) is 1.42. The molecule has 0 atom stereocenters. The van der Waals surface area contributed by atoms with Gasteiger partial charge in [0.05, 0.1) is 0 Å². The monoisotopic (exact) mass is 218 g/mol. The summed E-state index contributed by atoms with van der Waals surface area (Å²) >= 11 is 4.68. The predicted molar refractivity (Wildman–Crippen MR) is 51.6 cm³/mol. The molecule has 0 aliphatic carbocycles. The molecule has 0 saturated heterocycles. The van der Waals surface area contributed by atoms with Gasteiger partial charge in [-0.1, -0.05) is 17.7 Å². The fourth-order valence-corrected chi connectivity index (χ4v) is 0.897. The van der Waals surface area contributed by atoms with E-state index in [-0.39, 0.29) is 17.4 Å². The van der Waals surface area contributed by atoms with E-state index in [2.05, 4.69) is 17.5 Å². The third kappa shape index (κ3) is 3.72. The molecule has 0 aromatic heterocycles. The molecule has 0 radical (unpaired) electrons. The molecule has 0 aliphatic rings. The molecular formula is C8H10CrN2S. The number of nitrogens with one attached hydrogen (secondary N) is 1. The minimum Gasteiger partial charge on any atom is -0.376 e. The van der Waals surface area contributed by atoms with Crippen LogP contribution in [0.5, 0.6) is 0 Å². The van der Waals surface area contributed by atoms with Crippen LogP contribution in [0.4, 0.5) is 5.69 Å². The van der Waals surface area contributed by atoms with Crippen LogP contribution < -0.4 is 11.1 Å². The summed E-state index contributed by atoms with van der Waals surface area (Å²) in [6.45, 7) is 2.03. The molecular weight excluding hydrogens is 208 g/mol. The maximum atomic E-state index is 5.28. The molecule has 64 valence electrons. The number of aryl methyl sites for hydroxylation is 1. The Bertz CT molecular complexity index is 258. The smallest absolute Gasteiger partial charge is 0.168 e. The van der Waals surface area contributed by atoms with Crippen LogP contribution in [0, 0.1) is 6.92 Å². The van der Waals surface area contributed by atoms with Crippen molar-refractivity contribution < 1.29 is 17.4 Å². The molecule has 1 aromatic carbocycles. The number of anilines is 1. The molecule has 0 saturated carbocycles. The topological polar surface area (TPSA) is 38.0 Å². The van der Waals surface area contributed by atoms with Gasteiger partial charge in [-0.05, 0) is 31.3 Å². The first-order valence-electron chi connectivity index (χ1n) is 3.31. The van der Waals surface area contributed by atoms with E-state index in [0.29, 0.717) is 5.11 Å². The Morgan fingerprint density at radius 1 is 1.33 bits per heavy atom. The molecule has 0 bridgehead atoms. The molecule has 12 heavy (non-hydrogen) atoms. The fraction of sp³-hybridized carbons (Fsp3) is 0.125. The number of hydrogen-bond donors (Lipinski definition) is 2. The second-order valence-corrected chi connectivity index (χ2v) is 2.80. The van der Waals surface area contributed by atoms with E-state index < -0.39 is 0 Å². The number of benzene rings is 1. The fourth-order valence-electron chi connectivity index (χ4n) is 0.779. The number of hydrogen-bond acceptors (Lipinski definition) is 1. The molecule has 3 N–H and O–H groups in total. The summed E-state index contributed by atoms with van der Waals surface area (Å²) in [7, 11) is 0. The SMILES string of the molecule is Cc1ccc(NC(N)=S)cc1.[Cr]. The maximum absolute atomic E-state index is 5.28. The van der Waals surface area contributed by atoms with Gasteiger partial charge < -0.3 is 11.1 Å². The van der Waals surface area contributed by atoms with Gasteiger partial charge in [0.1, 0.15) is 0 Å². The molecule has 0 heterocycles. The van der Waals surface area contributed by atoms with Gasteiger partial charge in [0.15, 0.2) is 5.11 Å². The standard InChI is InChI=1S/C8H10N2S.Cr/c1-6-2-4-7(5-3-6)10-8(9)11;/h2-5H,1H3,(H3,9,10,11);. The summed E-state index contributed by atoms with van der Waals surface area (Å²) in [5.41, 5.74) is 7.44. The summed E-state index contributed by atoms with van der Waals surface area (Å²) in [6, 6.07) is 7.88. The van der Waals surface area contributed by atoms with Crippen molar-refractivity contribution in [3.05, 3.63) is 29.8 Å².